The highest BCUT2D eigenvalue weighted by Crippen LogP contribution is 2.24. The third-order valence-corrected chi connectivity index (χ3v) is 3.33. The molecule has 0 saturated heterocycles. The highest BCUT2D eigenvalue weighted by atomic mass is 35.5. The lowest BCUT2D eigenvalue weighted by Gasteiger charge is -2.07. The second kappa shape index (κ2) is 5.33. The lowest BCUT2D eigenvalue weighted by molar-refractivity contribution is 0.0738. The molecule has 5 heteroatoms. The number of Topliss-reactive ketones (excluding diaryl/α,β-unsaturated/α-hetero) is 1. The van der Waals surface area contributed by atoms with Crippen molar-refractivity contribution in [2.45, 2.75) is 6.92 Å². The Labute approximate surface area is 113 Å². The molecule has 0 aliphatic rings. The predicted octanol–water partition coefficient (Wildman–Crippen LogP) is 3.82. The van der Waals surface area contributed by atoms with E-state index in [9.17, 15) is 9.59 Å². The average Bonchev–Trinajstić information content (AvgIpc) is 2.84. The molecule has 18 heavy (non-hydrogen) atoms. The molecular formula is C13H9ClO3S. The summed E-state index contributed by atoms with van der Waals surface area (Å²) in [5.41, 5.74) is 0.299. The Hall–Kier alpha value is -1.65. The van der Waals surface area contributed by atoms with Gasteiger partial charge in [0.25, 0.3) is 0 Å². The number of ketones is 1. The number of hydrogen-bond acceptors (Lipinski definition) is 4. The van der Waals surface area contributed by atoms with Crippen LogP contribution in [0.25, 0.3) is 0 Å². The fourth-order valence-electron chi connectivity index (χ4n) is 1.41. The van der Waals surface area contributed by atoms with Crippen LogP contribution in [0.5, 0.6) is 5.75 Å². The van der Waals surface area contributed by atoms with Gasteiger partial charge in [-0.1, -0.05) is 17.7 Å². The first-order chi connectivity index (χ1) is 8.58. The summed E-state index contributed by atoms with van der Waals surface area (Å²) < 4.78 is 5.20. The maximum Gasteiger partial charge on any atom is 0.353 e. The molecule has 2 rings (SSSR count). The maximum atomic E-state index is 11.8. The van der Waals surface area contributed by atoms with Gasteiger partial charge in [-0.2, -0.15) is 0 Å². The average molecular weight is 281 g/mol. The van der Waals surface area contributed by atoms with Gasteiger partial charge in [0.1, 0.15) is 10.6 Å². The van der Waals surface area contributed by atoms with Gasteiger partial charge in [-0.25, -0.2) is 4.79 Å². The van der Waals surface area contributed by atoms with Gasteiger partial charge in [-0.3, -0.25) is 4.79 Å². The normalized spacial score (nSPS) is 10.1. The Kier molecular flexibility index (Phi) is 3.79. The number of ether oxygens (including phenoxy) is 1. The molecular weight excluding hydrogens is 272 g/mol. The van der Waals surface area contributed by atoms with Gasteiger partial charge in [0, 0.05) is 5.02 Å². The van der Waals surface area contributed by atoms with Gasteiger partial charge in [-0.15, -0.1) is 11.3 Å². The van der Waals surface area contributed by atoms with Crippen LogP contribution in [0.2, 0.25) is 5.02 Å². The van der Waals surface area contributed by atoms with Crippen molar-refractivity contribution in [1.82, 2.24) is 0 Å². The summed E-state index contributed by atoms with van der Waals surface area (Å²) in [5, 5.41) is 2.21. The van der Waals surface area contributed by atoms with Gasteiger partial charge >= 0.3 is 5.97 Å². The van der Waals surface area contributed by atoms with Crippen molar-refractivity contribution in [3.63, 3.8) is 0 Å². The van der Waals surface area contributed by atoms with E-state index < -0.39 is 5.97 Å². The molecule has 2 aromatic rings. The first-order valence-corrected chi connectivity index (χ1v) is 6.40. The van der Waals surface area contributed by atoms with Crippen molar-refractivity contribution < 1.29 is 14.3 Å². The quantitative estimate of drug-likeness (QED) is 0.488. The molecule has 0 atom stereocenters. The van der Waals surface area contributed by atoms with Crippen LogP contribution in [0.4, 0.5) is 0 Å². The lowest BCUT2D eigenvalue weighted by Crippen LogP contribution is -2.09. The Bertz CT molecular complexity index is 590. The molecule has 0 amide bonds. The number of carbonyl (C=O) groups is 2. The molecule has 0 saturated carbocycles. The highest BCUT2D eigenvalue weighted by molar-refractivity contribution is 7.12. The summed E-state index contributed by atoms with van der Waals surface area (Å²) in [7, 11) is 0. The molecule has 92 valence electrons. The van der Waals surface area contributed by atoms with E-state index in [2.05, 4.69) is 0 Å². The monoisotopic (exact) mass is 280 g/mol. The van der Waals surface area contributed by atoms with Crippen LogP contribution < -0.4 is 4.74 Å². The zero-order valence-corrected chi connectivity index (χ0v) is 11.0. The zero-order chi connectivity index (χ0) is 13.1. The van der Waals surface area contributed by atoms with Gasteiger partial charge < -0.3 is 4.74 Å². The number of carbonyl (C=O) groups excluding carboxylic acids is 2. The summed E-state index contributed by atoms with van der Waals surface area (Å²) in [6, 6.07) is 8.00. The molecule has 1 heterocycles. The summed E-state index contributed by atoms with van der Waals surface area (Å²) in [5.74, 6) is -0.452. The largest absolute Gasteiger partial charge is 0.422 e. The van der Waals surface area contributed by atoms with E-state index in [4.69, 9.17) is 16.3 Å². The molecule has 0 radical (unpaired) electrons. The standard InChI is InChI=1S/C13H9ClO3S/c1-8(15)10-7-9(14)4-5-11(10)17-13(16)12-3-2-6-18-12/h2-7H,1H3. The molecule has 3 nitrogen and oxygen atoms in total. The minimum absolute atomic E-state index is 0.202. The third kappa shape index (κ3) is 2.78. The number of thiophene rings is 1. The van der Waals surface area contributed by atoms with E-state index >= 15 is 0 Å². The number of hydrogen-bond donors (Lipinski definition) is 0. The highest BCUT2D eigenvalue weighted by Gasteiger charge is 2.15. The SMILES string of the molecule is CC(=O)c1cc(Cl)ccc1OC(=O)c1cccs1. The summed E-state index contributed by atoms with van der Waals surface area (Å²) in [6.45, 7) is 1.40. The number of halogens is 1. The van der Waals surface area contributed by atoms with Gasteiger partial charge in [0.2, 0.25) is 0 Å². The topological polar surface area (TPSA) is 43.4 Å². The molecule has 1 aromatic carbocycles. The van der Waals surface area contributed by atoms with Crippen molar-refractivity contribution in [3.05, 3.63) is 51.2 Å². The van der Waals surface area contributed by atoms with Crippen LogP contribution in [0, 0.1) is 0 Å². The van der Waals surface area contributed by atoms with Crippen molar-refractivity contribution in [3.8, 4) is 5.75 Å². The van der Waals surface area contributed by atoms with Crippen LogP contribution in [-0.2, 0) is 0 Å². The third-order valence-electron chi connectivity index (χ3n) is 2.25. The first-order valence-electron chi connectivity index (χ1n) is 5.14. The van der Waals surface area contributed by atoms with Gasteiger partial charge in [0.05, 0.1) is 5.56 Å². The van der Waals surface area contributed by atoms with Crippen LogP contribution in [0.3, 0.4) is 0 Å². The Morgan fingerprint density at radius 1 is 1.28 bits per heavy atom. The van der Waals surface area contributed by atoms with E-state index in [-0.39, 0.29) is 11.5 Å². The van der Waals surface area contributed by atoms with E-state index in [1.807, 2.05) is 0 Å². The second-order valence-electron chi connectivity index (χ2n) is 3.56. The predicted molar refractivity (Wildman–Crippen MR) is 70.7 cm³/mol. The zero-order valence-electron chi connectivity index (χ0n) is 9.48. The summed E-state index contributed by atoms with van der Waals surface area (Å²) in [4.78, 5) is 23.7. The maximum absolute atomic E-state index is 11.8. The lowest BCUT2D eigenvalue weighted by atomic mass is 10.1. The Morgan fingerprint density at radius 2 is 2.06 bits per heavy atom. The Balaban J connectivity index is 2.29. The van der Waals surface area contributed by atoms with Crippen molar-refractivity contribution in [1.29, 1.82) is 0 Å². The van der Waals surface area contributed by atoms with Crippen molar-refractivity contribution in [2.24, 2.45) is 0 Å². The van der Waals surface area contributed by atoms with Gasteiger partial charge in [0.15, 0.2) is 5.78 Å². The van der Waals surface area contributed by atoms with E-state index in [0.29, 0.717) is 15.5 Å². The van der Waals surface area contributed by atoms with Crippen molar-refractivity contribution >= 4 is 34.7 Å². The summed E-state index contributed by atoms with van der Waals surface area (Å²) >= 11 is 7.09. The first kappa shape index (κ1) is 12.8. The molecule has 0 aliphatic heterocycles. The van der Waals surface area contributed by atoms with Crippen LogP contribution in [-0.4, -0.2) is 11.8 Å². The van der Waals surface area contributed by atoms with Crippen LogP contribution in [0.1, 0.15) is 27.0 Å². The van der Waals surface area contributed by atoms with E-state index in [1.165, 1.54) is 30.4 Å². The molecule has 0 unspecified atom stereocenters. The number of benzene rings is 1. The molecule has 0 bridgehead atoms. The van der Waals surface area contributed by atoms with E-state index in [1.54, 1.807) is 23.6 Å². The molecule has 1 aromatic heterocycles. The van der Waals surface area contributed by atoms with E-state index in [0.717, 1.165) is 0 Å². The fourth-order valence-corrected chi connectivity index (χ4v) is 2.18. The summed E-state index contributed by atoms with van der Waals surface area (Å²) in [6.07, 6.45) is 0. The molecule has 0 N–H and O–H groups in total. The number of esters is 1. The molecule has 0 spiro atoms. The van der Waals surface area contributed by atoms with Gasteiger partial charge in [-0.05, 0) is 36.6 Å². The Morgan fingerprint density at radius 3 is 2.67 bits per heavy atom. The molecule has 0 aliphatic carbocycles. The van der Waals surface area contributed by atoms with Crippen LogP contribution >= 0.6 is 22.9 Å². The molecule has 0 fully saturated rings. The fraction of sp³-hybridized carbons (Fsp3) is 0.0769. The minimum atomic E-state index is -0.477. The number of rotatable bonds is 3. The smallest absolute Gasteiger partial charge is 0.353 e. The second-order valence-corrected chi connectivity index (χ2v) is 4.95. The van der Waals surface area contributed by atoms with Crippen molar-refractivity contribution in [2.75, 3.05) is 0 Å². The minimum Gasteiger partial charge on any atom is -0.422 e. The van der Waals surface area contributed by atoms with Crippen LogP contribution in [0.15, 0.2) is 35.7 Å².